The number of hydrogen-bond donors (Lipinski definition) is 0. The highest BCUT2D eigenvalue weighted by Gasteiger charge is 2.17. The second kappa shape index (κ2) is 8.30. The Morgan fingerprint density at radius 1 is 1.10 bits per heavy atom. The van der Waals surface area contributed by atoms with E-state index in [1.54, 1.807) is 28.8 Å². The quantitative estimate of drug-likeness (QED) is 0.242. The molecule has 6 nitrogen and oxygen atoms in total. The highest BCUT2D eigenvalue weighted by Crippen LogP contribution is 2.27. The lowest BCUT2D eigenvalue weighted by molar-refractivity contribution is 0.391. The molecule has 5 rings (SSSR count). The molecule has 0 radical (unpaired) electrons. The van der Waals surface area contributed by atoms with Crippen LogP contribution in [0.5, 0.6) is 0 Å². The van der Waals surface area contributed by atoms with Gasteiger partial charge in [-0.05, 0) is 48.2 Å². The van der Waals surface area contributed by atoms with Crippen molar-refractivity contribution in [1.29, 1.82) is 0 Å². The van der Waals surface area contributed by atoms with Crippen LogP contribution in [-0.2, 0) is 5.75 Å². The Bertz CT molecular complexity index is 1440. The van der Waals surface area contributed by atoms with Crippen molar-refractivity contribution in [3.05, 3.63) is 86.8 Å². The minimum absolute atomic E-state index is 0.115. The van der Waals surface area contributed by atoms with Crippen LogP contribution in [0.4, 0.5) is 0 Å². The summed E-state index contributed by atoms with van der Waals surface area (Å²) in [5.41, 5.74) is 3.26. The maximum Gasteiger partial charge on any atom is 0.276 e. The third-order valence-electron chi connectivity index (χ3n) is 4.71. The second-order valence-electron chi connectivity index (χ2n) is 6.76. The van der Waals surface area contributed by atoms with Gasteiger partial charge < -0.3 is 4.52 Å². The van der Waals surface area contributed by atoms with Gasteiger partial charge in [0.05, 0.1) is 17.0 Å². The fourth-order valence-electron chi connectivity index (χ4n) is 3.18. The molecule has 2 aromatic carbocycles. The average Bonchev–Trinajstić information content (AvgIpc) is 3.43. The van der Waals surface area contributed by atoms with E-state index in [0.717, 1.165) is 11.1 Å². The summed E-state index contributed by atoms with van der Waals surface area (Å²) in [6.45, 7) is 2.00. The molecular formula is C22H15ClN4O2S2. The van der Waals surface area contributed by atoms with Crippen molar-refractivity contribution in [3.8, 4) is 17.1 Å². The molecule has 31 heavy (non-hydrogen) atoms. The molecule has 3 aromatic heterocycles. The maximum atomic E-state index is 13.2. The van der Waals surface area contributed by atoms with Gasteiger partial charge in [0, 0.05) is 10.6 Å². The van der Waals surface area contributed by atoms with E-state index in [2.05, 4.69) is 10.1 Å². The summed E-state index contributed by atoms with van der Waals surface area (Å²) in [5.74, 6) is 1.39. The molecular weight excluding hydrogens is 452 g/mol. The average molecular weight is 467 g/mol. The van der Waals surface area contributed by atoms with E-state index in [0.29, 0.717) is 43.6 Å². The van der Waals surface area contributed by atoms with E-state index in [-0.39, 0.29) is 5.56 Å². The highest BCUT2D eigenvalue weighted by atomic mass is 35.5. The first-order valence-corrected chi connectivity index (χ1v) is 11.6. The fourth-order valence-corrected chi connectivity index (χ4v) is 4.92. The third kappa shape index (κ3) is 3.89. The van der Waals surface area contributed by atoms with Crippen LogP contribution in [-0.4, -0.2) is 19.7 Å². The normalized spacial score (nSPS) is 11.3. The van der Waals surface area contributed by atoms with Crippen LogP contribution in [0.2, 0.25) is 5.02 Å². The highest BCUT2D eigenvalue weighted by molar-refractivity contribution is 7.98. The zero-order chi connectivity index (χ0) is 21.4. The lowest BCUT2D eigenvalue weighted by Gasteiger charge is -2.11. The number of hydrogen-bond acceptors (Lipinski definition) is 7. The lowest BCUT2D eigenvalue weighted by atomic mass is 10.1. The number of aryl methyl sites for hydroxylation is 1. The lowest BCUT2D eigenvalue weighted by Crippen LogP contribution is -2.20. The van der Waals surface area contributed by atoms with E-state index in [9.17, 15) is 4.79 Å². The van der Waals surface area contributed by atoms with Crippen molar-refractivity contribution in [2.45, 2.75) is 17.8 Å². The first-order valence-electron chi connectivity index (χ1n) is 9.38. The second-order valence-corrected chi connectivity index (χ2v) is 9.06. The predicted molar refractivity (Wildman–Crippen MR) is 124 cm³/mol. The number of fused-ring (bicyclic) bond motifs is 1. The SMILES string of the molecule is Cc1ccccc1-c1noc(CSc2nc3ccsc3c(=O)n2-c2ccc(Cl)cc2)n1. The van der Waals surface area contributed by atoms with E-state index < -0.39 is 0 Å². The first-order chi connectivity index (χ1) is 15.1. The van der Waals surface area contributed by atoms with Crippen LogP contribution in [0.3, 0.4) is 0 Å². The molecule has 0 saturated carbocycles. The molecule has 0 aliphatic heterocycles. The number of nitrogens with zero attached hydrogens (tertiary/aromatic N) is 4. The van der Waals surface area contributed by atoms with Crippen LogP contribution < -0.4 is 5.56 Å². The molecule has 0 bridgehead atoms. The van der Waals surface area contributed by atoms with Crippen molar-refractivity contribution in [2.24, 2.45) is 0 Å². The van der Waals surface area contributed by atoms with Crippen molar-refractivity contribution >= 4 is 44.9 Å². The van der Waals surface area contributed by atoms with Crippen molar-refractivity contribution < 1.29 is 4.52 Å². The Morgan fingerprint density at radius 3 is 2.71 bits per heavy atom. The van der Waals surface area contributed by atoms with Crippen molar-refractivity contribution in [2.75, 3.05) is 0 Å². The smallest absolute Gasteiger partial charge is 0.276 e. The standard InChI is InChI=1S/C22H15ClN4O2S2/c1-13-4-2-3-5-16(13)20-25-18(29-26-20)12-31-22-24-17-10-11-30-19(17)21(28)27(22)15-8-6-14(23)7-9-15/h2-11H,12H2,1H3. The molecule has 0 aliphatic carbocycles. The zero-order valence-corrected chi connectivity index (χ0v) is 18.7. The molecule has 5 aromatic rings. The summed E-state index contributed by atoms with van der Waals surface area (Å²) >= 11 is 8.78. The van der Waals surface area contributed by atoms with Gasteiger partial charge in [-0.2, -0.15) is 4.98 Å². The molecule has 9 heteroatoms. The van der Waals surface area contributed by atoms with Gasteiger partial charge in [0.1, 0.15) is 4.70 Å². The number of thiophene rings is 1. The van der Waals surface area contributed by atoms with Crippen LogP contribution in [0.25, 0.3) is 27.3 Å². The fraction of sp³-hybridized carbons (Fsp3) is 0.0909. The number of halogens is 1. The van der Waals surface area contributed by atoms with Gasteiger partial charge in [-0.3, -0.25) is 9.36 Å². The Hall–Kier alpha value is -2.94. The Kier molecular flexibility index (Phi) is 5.35. The predicted octanol–water partition coefficient (Wildman–Crippen LogP) is 5.75. The molecule has 0 fully saturated rings. The van der Waals surface area contributed by atoms with Gasteiger partial charge in [0.15, 0.2) is 5.16 Å². The minimum Gasteiger partial charge on any atom is -0.338 e. The van der Waals surface area contributed by atoms with Gasteiger partial charge in [-0.15, -0.1) is 11.3 Å². The molecule has 0 saturated heterocycles. The van der Waals surface area contributed by atoms with Gasteiger partial charge in [-0.1, -0.05) is 52.8 Å². The molecule has 154 valence electrons. The van der Waals surface area contributed by atoms with Crippen LogP contribution in [0, 0.1) is 6.92 Å². The number of aromatic nitrogens is 4. The number of rotatable bonds is 5. The van der Waals surface area contributed by atoms with Crippen molar-refractivity contribution in [3.63, 3.8) is 0 Å². The summed E-state index contributed by atoms with van der Waals surface area (Å²) in [6, 6.07) is 16.8. The minimum atomic E-state index is -0.115. The van der Waals surface area contributed by atoms with E-state index in [1.165, 1.54) is 23.1 Å². The summed E-state index contributed by atoms with van der Waals surface area (Å²) in [6.07, 6.45) is 0. The van der Waals surface area contributed by atoms with Crippen molar-refractivity contribution in [1.82, 2.24) is 19.7 Å². The topological polar surface area (TPSA) is 73.8 Å². The molecule has 0 aliphatic rings. The Morgan fingerprint density at radius 2 is 1.90 bits per heavy atom. The van der Waals surface area contributed by atoms with Gasteiger partial charge in [-0.25, -0.2) is 4.98 Å². The van der Waals surface area contributed by atoms with Gasteiger partial charge in [0.2, 0.25) is 11.7 Å². The Balaban J connectivity index is 1.50. The first kappa shape index (κ1) is 20.0. The van der Waals surface area contributed by atoms with Crippen LogP contribution >= 0.6 is 34.7 Å². The molecule has 0 N–H and O–H groups in total. The monoisotopic (exact) mass is 466 g/mol. The van der Waals surface area contributed by atoms with Gasteiger partial charge >= 0.3 is 0 Å². The van der Waals surface area contributed by atoms with Gasteiger partial charge in [0.25, 0.3) is 5.56 Å². The largest absolute Gasteiger partial charge is 0.338 e. The van der Waals surface area contributed by atoms with Crippen LogP contribution in [0.15, 0.2) is 74.5 Å². The summed E-state index contributed by atoms with van der Waals surface area (Å²) in [7, 11) is 0. The molecule has 0 atom stereocenters. The molecule has 0 spiro atoms. The summed E-state index contributed by atoms with van der Waals surface area (Å²) in [5, 5.41) is 7.13. The summed E-state index contributed by atoms with van der Waals surface area (Å²) < 4.78 is 7.65. The van der Waals surface area contributed by atoms with Crippen LogP contribution in [0.1, 0.15) is 11.5 Å². The van der Waals surface area contributed by atoms with E-state index >= 15 is 0 Å². The maximum absolute atomic E-state index is 13.2. The number of benzene rings is 2. The Labute approximate surface area is 190 Å². The molecule has 0 amide bonds. The summed E-state index contributed by atoms with van der Waals surface area (Å²) in [4.78, 5) is 22.4. The number of thioether (sulfide) groups is 1. The zero-order valence-electron chi connectivity index (χ0n) is 16.3. The third-order valence-corrected chi connectivity index (χ3v) is 6.78. The van der Waals surface area contributed by atoms with E-state index in [1.807, 2.05) is 42.6 Å². The molecule has 0 unspecified atom stereocenters. The van der Waals surface area contributed by atoms with E-state index in [4.69, 9.17) is 21.1 Å². The molecule has 3 heterocycles.